The summed E-state index contributed by atoms with van der Waals surface area (Å²) < 4.78 is 12.1. The van der Waals surface area contributed by atoms with E-state index in [4.69, 9.17) is 9.15 Å². The number of nitrogens with one attached hydrogen (secondary N) is 1. The van der Waals surface area contributed by atoms with Crippen molar-refractivity contribution in [3.8, 4) is 23.1 Å². The number of amides is 1. The molecule has 0 radical (unpaired) electrons. The predicted molar refractivity (Wildman–Crippen MR) is 112 cm³/mol. The second kappa shape index (κ2) is 9.07. The first-order valence-corrected chi connectivity index (χ1v) is 9.40. The second-order valence-electron chi connectivity index (χ2n) is 5.79. The standard InChI is InChI=1S/C22H17BrN2O3/c1-2-27-19-8-6-18(7-9-19)25-22(26)16(14-24)13-20-10-11-21(28-20)15-4-3-5-17(23)12-15/h3-13H,2H2,1H3,(H,25,26)/b16-13-. The first-order chi connectivity index (χ1) is 13.6. The zero-order valence-corrected chi connectivity index (χ0v) is 16.7. The highest BCUT2D eigenvalue weighted by atomic mass is 79.9. The quantitative estimate of drug-likeness (QED) is 0.399. The maximum Gasteiger partial charge on any atom is 0.266 e. The SMILES string of the molecule is CCOc1ccc(NC(=O)/C(C#N)=C\c2ccc(-c3cccc(Br)c3)o2)cc1. The van der Waals surface area contributed by atoms with Crippen LogP contribution >= 0.6 is 15.9 Å². The van der Waals surface area contributed by atoms with Crippen LogP contribution in [0.5, 0.6) is 5.75 Å². The molecule has 0 unspecified atom stereocenters. The number of nitriles is 1. The Morgan fingerprint density at radius 3 is 2.68 bits per heavy atom. The van der Waals surface area contributed by atoms with Crippen molar-refractivity contribution in [2.75, 3.05) is 11.9 Å². The summed E-state index contributed by atoms with van der Waals surface area (Å²) in [5, 5.41) is 12.1. The van der Waals surface area contributed by atoms with E-state index in [1.807, 2.05) is 37.3 Å². The van der Waals surface area contributed by atoms with Crippen LogP contribution in [0, 0.1) is 11.3 Å². The molecule has 140 valence electrons. The fraction of sp³-hybridized carbons (Fsp3) is 0.0909. The molecule has 0 atom stereocenters. The average Bonchev–Trinajstić information content (AvgIpc) is 3.16. The summed E-state index contributed by atoms with van der Waals surface area (Å²) in [6.45, 7) is 2.47. The zero-order valence-electron chi connectivity index (χ0n) is 15.1. The third-order valence-electron chi connectivity index (χ3n) is 3.81. The fourth-order valence-corrected chi connectivity index (χ4v) is 2.92. The lowest BCUT2D eigenvalue weighted by Crippen LogP contribution is -2.13. The van der Waals surface area contributed by atoms with Gasteiger partial charge in [0.15, 0.2) is 0 Å². The maximum absolute atomic E-state index is 12.4. The number of furan rings is 1. The minimum atomic E-state index is -0.507. The molecule has 0 bridgehead atoms. The number of rotatable bonds is 6. The van der Waals surface area contributed by atoms with Gasteiger partial charge >= 0.3 is 0 Å². The largest absolute Gasteiger partial charge is 0.494 e. The van der Waals surface area contributed by atoms with E-state index in [-0.39, 0.29) is 5.57 Å². The lowest BCUT2D eigenvalue weighted by molar-refractivity contribution is -0.112. The third kappa shape index (κ3) is 4.90. The van der Waals surface area contributed by atoms with Crippen molar-refractivity contribution < 1.29 is 13.9 Å². The summed E-state index contributed by atoms with van der Waals surface area (Å²) in [7, 11) is 0. The molecule has 6 heteroatoms. The van der Waals surface area contributed by atoms with Crippen LogP contribution in [0.25, 0.3) is 17.4 Å². The summed E-state index contributed by atoms with van der Waals surface area (Å²) in [6, 6.07) is 20.1. The molecule has 0 fully saturated rings. The molecule has 3 rings (SSSR count). The van der Waals surface area contributed by atoms with Gasteiger partial charge in [0.25, 0.3) is 5.91 Å². The molecule has 0 aliphatic heterocycles. The van der Waals surface area contributed by atoms with E-state index in [0.717, 1.165) is 10.0 Å². The molecule has 1 heterocycles. The van der Waals surface area contributed by atoms with E-state index in [1.165, 1.54) is 6.08 Å². The molecule has 1 N–H and O–H groups in total. The summed E-state index contributed by atoms with van der Waals surface area (Å²) in [6.07, 6.45) is 1.42. The molecule has 5 nitrogen and oxygen atoms in total. The van der Waals surface area contributed by atoms with Crippen LogP contribution in [-0.2, 0) is 4.79 Å². The lowest BCUT2D eigenvalue weighted by Gasteiger charge is -2.06. The molecular weight excluding hydrogens is 420 g/mol. The van der Waals surface area contributed by atoms with Crippen molar-refractivity contribution >= 4 is 33.6 Å². The minimum absolute atomic E-state index is 0.0518. The number of nitrogens with zero attached hydrogens (tertiary/aromatic N) is 1. The van der Waals surface area contributed by atoms with Gasteiger partial charge in [-0.15, -0.1) is 0 Å². The Hall–Kier alpha value is -3.30. The molecule has 0 spiro atoms. The molecule has 28 heavy (non-hydrogen) atoms. The van der Waals surface area contributed by atoms with E-state index < -0.39 is 5.91 Å². The van der Waals surface area contributed by atoms with Gasteiger partial charge < -0.3 is 14.5 Å². The molecule has 3 aromatic rings. The Labute approximate surface area is 171 Å². The smallest absolute Gasteiger partial charge is 0.266 e. The summed E-state index contributed by atoms with van der Waals surface area (Å²) in [5.41, 5.74) is 1.42. The lowest BCUT2D eigenvalue weighted by atomic mass is 10.2. The van der Waals surface area contributed by atoms with Crippen molar-refractivity contribution in [2.24, 2.45) is 0 Å². The fourth-order valence-electron chi connectivity index (χ4n) is 2.52. The van der Waals surface area contributed by atoms with Gasteiger partial charge in [-0.3, -0.25) is 4.79 Å². The Morgan fingerprint density at radius 1 is 1.21 bits per heavy atom. The molecule has 0 aliphatic rings. The first kappa shape index (κ1) is 19.5. The Balaban J connectivity index is 1.74. The zero-order chi connectivity index (χ0) is 19.9. The molecule has 0 saturated carbocycles. The van der Waals surface area contributed by atoms with Gasteiger partial charge in [-0.1, -0.05) is 28.1 Å². The van der Waals surface area contributed by atoms with Gasteiger partial charge in [-0.05, 0) is 55.5 Å². The predicted octanol–water partition coefficient (Wildman–Crippen LogP) is 5.65. The Bertz CT molecular complexity index is 1050. The molecule has 1 aromatic heterocycles. The van der Waals surface area contributed by atoms with Gasteiger partial charge in [0, 0.05) is 21.8 Å². The van der Waals surface area contributed by atoms with E-state index in [0.29, 0.717) is 29.6 Å². The number of ether oxygens (including phenoxy) is 1. The van der Waals surface area contributed by atoms with Gasteiger partial charge in [-0.2, -0.15) is 5.26 Å². The van der Waals surface area contributed by atoms with Crippen LogP contribution < -0.4 is 10.1 Å². The number of benzene rings is 2. The number of hydrogen-bond donors (Lipinski definition) is 1. The van der Waals surface area contributed by atoms with Crippen molar-refractivity contribution in [2.45, 2.75) is 6.92 Å². The van der Waals surface area contributed by atoms with Crippen LogP contribution in [0.3, 0.4) is 0 Å². The highest BCUT2D eigenvalue weighted by molar-refractivity contribution is 9.10. The average molecular weight is 437 g/mol. The topological polar surface area (TPSA) is 75.3 Å². The Kier molecular flexibility index (Phi) is 6.30. The first-order valence-electron chi connectivity index (χ1n) is 8.61. The summed E-state index contributed by atoms with van der Waals surface area (Å²) in [5.74, 6) is 1.28. The van der Waals surface area contributed by atoms with Crippen LogP contribution in [0.4, 0.5) is 5.69 Å². The van der Waals surface area contributed by atoms with E-state index >= 15 is 0 Å². The number of halogens is 1. The van der Waals surface area contributed by atoms with Crippen LogP contribution in [-0.4, -0.2) is 12.5 Å². The molecular formula is C22H17BrN2O3. The van der Waals surface area contributed by atoms with Crippen LogP contribution in [0.1, 0.15) is 12.7 Å². The number of carbonyl (C=O) groups is 1. The summed E-state index contributed by atoms with van der Waals surface area (Å²) >= 11 is 3.42. The highest BCUT2D eigenvalue weighted by Gasteiger charge is 2.12. The Morgan fingerprint density at radius 2 is 2.00 bits per heavy atom. The number of hydrogen-bond acceptors (Lipinski definition) is 4. The van der Waals surface area contributed by atoms with Crippen molar-refractivity contribution in [1.29, 1.82) is 5.26 Å². The van der Waals surface area contributed by atoms with Crippen molar-refractivity contribution in [3.05, 3.63) is 76.5 Å². The third-order valence-corrected chi connectivity index (χ3v) is 4.30. The minimum Gasteiger partial charge on any atom is -0.494 e. The van der Waals surface area contributed by atoms with E-state index in [9.17, 15) is 10.1 Å². The second-order valence-corrected chi connectivity index (χ2v) is 6.71. The highest BCUT2D eigenvalue weighted by Crippen LogP contribution is 2.26. The molecule has 1 amide bonds. The molecule has 2 aromatic carbocycles. The van der Waals surface area contributed by atoms with Crippen LogP contribution in [0.15, 0.2) is 75.1 Å². The maximum atomic E-state index is 12.4. The number of carbonyl (C=O) groups excluding carboxylic acids is 1. The van der Waals surface area contributed by atoms with Gasteiger partial charge in [-0.25, -0.2) is 0 Å². The van der Waals surface area contributed by atoms with E-state index in [2.05, 4.69) is 21.2 Å². The van der Waals surface area contributed by atoms with Crippen LogP contribution in [0.2, 0.25) is 0 Å². The summed E-state index contributed by atoms with van der Waals surface area (Å²) in [4.78, 5) is 12.4. The molecule has 0 saturated heterocycles. The number of anilines is 1. The molecule has 0 aliphatic carbocycles. The monoisotopic (exact) mass is 436 g/mol. The van der Waals surface area contributed by atoms with E-state index in [1.54, 1.807) is 36.4 Å². The van der Waals surface area contributed by atoms with Gasteiger partial charge in [0.1, 0.15) is 28.9 Å². The van der Waals surface area contributed by atoms with Crippen molar-refractivity contribution in [1.82, 2.24) is 0 Å². The van der Waals surface area contributed by atoms with Gasteiger partial charge in [0.2, 0.25) is 0 Å². The normalized spacial score (nSPS) is 11.0. The van der Waals surface area contributed by atoms with Gasteiger partial charge in [0.05, 0.1) is 6.61 Å². The van der Waals surface area contributed by atoms with Crippen molar-refractivity contribution in [3.63, 3.8) is 0 Å².